The van der Waals surface area contributed by atoms with Crippen molar-refractivity contribution < 1.29 is 13.2 Å². The molecule has 1 aliphatic carbocycles. The van der Waals surface area contributed by atoms with Crippen LogP contribution in [0.1, 0.15) is 31.2 Å². The van der Waals surface area contributed by atoms with Crippen LogP contribution in [0.3, 0.4) is 0 Å². The summed E-state index contributed by atoms with van der Waals surface area (Å²) in [6, 6.07) is 7.67. The maximum absolute atomic E-state index is 13.3. The molecule has 0 bridgehead atoms. The van der Waals surface area contributed by atoms with Gasteiger partial charge in [0.15, 0.2) is 0 Å². The average Bonchev–Trinajstić information content (AvgIpc) is 2.44. The maximum Gasteiger partial charge on any atom is 0.392 e. The van der Waals surface area contributed by atoms with Gasteiger partial charge in [0, 0.05) is 10.5 Å². The van der Waals surface area contributed by atoms with Gasteiger partial charge in [-0.15, -0.1) is 0 Å². The largest absolute Gasteiger partial charge is 0.392 e. The lowest BCUT2D eigenvalue weighted by molar-refractivity contribution is -0.199. The Bertz CT molecular complexity index is 461. The first kappa shape index (κ1) is 16.8. The van der Waals surface area contributed by atoms with Crippen LogP contribution in [0.4, 0.5) is 13.2 Å². The van der Waals surface area contributed by atoms with Gasteiger partial charge in [-0.2, -0.15) is 13.2 Å². The van der Waals surface area contributed by atoms with Gasteiger partial charge >= 0.3 is 6.18 Å². The second kappa shape index (κ2) is 7.14. The molecule has 2 rings (SSSR count). The van der Waals surface area contributed by atoms with E-state index < -0.39 is 12.1 Å². The van der Waals surface area contributed by atoms with E-state index in [2.05, 4.69) is 21.2 Å². The van der Waals surface area contributed by atoms with Crippen molar-refractivity contribution in [2.24, 2.45) is 11.8 Å². The van der Waals surface area contributed by atoms with E-state index in [1.165, 1.54) is 0 Å². The van der Waals surface area contributed by atoms with Gasteiger partial charge < -0.3 is 5.32 Å². The Hall–Kier alpha value is -0.550. The van der Waals surface area contributed by atoms with E-state index in [9.17, 15) is 13.2 Å². The minimum atomic E-state index is -4.09. The Labute approximate surface area is 132 Å². The second-order valence-corrected chi connectivity index (χ2v) is 6.74. The lowest BCUT2D eigenvalue weighted by Gasteiger charge is -2.38. The summed E-state index contributed by atoms with van der Waals surface area (Å²) in [5.41, 5.74) is 1.07. The monoisotopic (exact) mass is 363 g/mol. The maximum atomic E-state index is 13.3. The van der Waals surface area contributed by atoms with Gasteiger partial charge in [0.1, 0.15) is 0 Å². The number of hydrogen-bond donors (Lipinski definition) is 1. The summed E-state index contributed by atoms with van der Waals surface area (Å²) >= 11 is 3.41. The van der Waals surface area contributed by atoms with Crippen LogP contribution >= 0.6 is 15.9 Å². The molecule has 5 heteroatoms. The van der Waals surface area contributed by atoms with Crippen LogP contribution in [0.5, 0.6) is 0 Å². The molecule has 21 heavy (non-hydrogen) atoms. The normalized spacial score (nSPS) is 24.8. The van der Waals surface area contributed by atoms with Gasteiger partial charge in [-0.25, -0.2) is 0 Å². The van der Waals surface area contributed by atoms with E-state index in [-0.39, 0.29) is 18.4 Å². The Morgan fingerprint density at radius 1 is 1.29 bits per heavy atom. The number of likely N-dealkylation sites (N-methyl/N-ethyl adjacent to an activating group) is 1. The number of rotatable bonds is 4. The second-order valence-electron chi connectivity index (χ2n) is 5.83. The highest BCUT2D eigenvalue weighted by atomic mass is 79.9. The summed E-state index contributed by atoms with van der Waals surface area (Å²) in [7, 11) is 1.77. The molecule has 0 amide bonds. The smallest absolute Gasteiger partial charge is 0.316 e. The zero-order valence-electron chi connectivity index (χ0n) is 12.1. The van der Waals surface area contributed by atoms with Gasteiger partial charge in [0.05, 0.1) is 5.92 Å². The molecule has 118 valence electrons. The zero-order chi connectivity index (χ0) is 15.5. The number of halogens is 4. The lowest BCUT2D eigenvalue weighted by atomic mass is 9.73. The predicted molar refractivity (Wildman–Crippen MR) is 82.2 cm³/mol. The zero-order valence-corrected chi connectivity index (χ0v) is 13.7. The first-order valence-electron chi connectivity index (χ1n) is 7.40. The summed E-state index contributed by atoms with van der Waals surface area (Å²) in [6.07, 6.45) is -0.943. The molecule has 3 unspecified atom stereocenters. The fourth-order valence-electron chi connectivity index (χ4n) is 3.43. The van der Waals surface area contributed by atoms with Crippen molar-refractivity contribution in [3.63, 3.8) is 0 Å². The summed E-state index contributed by atoms with van der Waals surface area (Å²) in [6.45, 7) is 0. The van der Waals surface area contributed by atoms with E-state index in [0.717, 1.165) is 16.5 Å². The van der Waals surface area contributed by atoms with Crippen LogP contribution in [0, 0.1) is 11.8 Å². The van der Waals surface area contributed by atoms with Crippen LogP contribution in [-0.2, 0) is 6.42 Å². The molecule has 1 aromatic rings. The molecule has 1 fully saturated rings. The molecule has 0 aromatic heterocycles. The molecule has 0 heterocycles. The number of hydrogen-bond acceptors (Lipinski definition) is 1. The molecule has 0 spiro atoms. The van der Waals surface area contributed by atoms with Crippen molar-refractivity contribution >= 4 is 15.9 Å². The quantitative estimate of drug-likeness (QED) is 0.797. The van der Waals surface area contributed by atoms with Gasteiger partial charge in [-0.05, 0) is 49.9 Å². The topological polar surface area (TPSA) is 12.0 Å². The highest BCUT2D eigenvalue weighted by Gasteiger charge is 2.47. The van der Waals surface area contributed by atoms with Crippen LogP contribution in [-0.4, -0.2) is 19.3 Å². The first-order chi connectivity index (χ1) is 9.91. The van der Waals surface area contributed by atoms with Crippen molar-refractivity contribution in [1.29, 1.82) is 0 Å². The number of alkyl halides is 3. The standard InChI is InChI=1S/C16H21BrF3N/c1-21-15(10-11-5-4-6-12(17)9-11)13-7-2-3-8-14(13)16(18,19)20/h4-6,9,13-15,21H,2-3,7-8,10H2,1H3. The summed E-state index contributed by atoms with van der Waals surface area (Å²) < 4.78 is 40.7. The van der Waals surface area contributed by atoms with Gasteiger partial charge in [0.25, 0.3) is 0 Å². The van der Waals surface area contributed by atoms with E-state index >= 15 is 0 Å². The molecule has 1 N–H and O–H groups in total. The van der Waals surface area contributed by atoms with Gasteiger partial charge in [-0.1, -0.05) is 40.9 Å². The first-order valence-corrected chi connectivity index (χ1v) is 8.19. The highest BCUT2D eigenvalue weighted by molar-refractivity contribution is 9.10. The summed E-state index contributed by atoms with van der Waals surface area (Å²) in [5, 5.41) is 3.13. The molecular weight excluding hydrogens is 343 g/mol. The Morgan fingerprint density at radius 3 is 2.62 bits per heavy atom. The molecule has 1 aromatic carbocycles. The van der Waals surface area contributed by atoms with Crippen molar-refractivity contribution in [3.05, 3.63) is 34.3 Å². The summed E-state index contributed by atoms with van der Waals surface area (Å²) in [4.78, 5) is 0. The van der Waals surface area contributed by atoms with Crippen molar-refractivity contribution in [1.82, 2.24) is 5.32 Å². The predicted octanol–water partition coefficient (Wildman–Crippen LogP) is 4.95. The van der Waals surface area contributed by atoms with E-state index in [0.29, 0.717) is 19.3 Å². The fraction of sp³-hybridized carbons (Fsp3) is 0.625. The molecule has 3 atom stereocenters. The molecule has 0 radical (unpaired) electrons. The third-order valence-corrected chi connectivity index (χ3v) is 4.97. The van der Waals surface area contributed by atoms with E-state index in [4.69, 9.17) is 0 Å². The SMILES string of the molecule is CNC(Cc1cccc(Br)c1)C1CCCCC1C(F)(F)F. The van der Waals surface area contributed by atoms with Crippen LogP contribution in [0.2, 0.25) is 0 Å². The molecule has 0 aliphatic heterocycles. The molecule has 1 nitrogen and oxygen atoms in total. The van der Waals surface area contributed by atoms with Gasteiger partial charge in [0.2, 0.25) is 0 Å². The number of nitrogens with one attached hydrogen (secondary N) is 1. The van der Waals surface area contributed by atoms with E-state index in [1.807, 2.05) is 24.3 Å². The van der Waals surface area contributed by atoms with Crippen molar-refractivity contribution in [2.45, 2.75) is 44.3 Å². The number of benzene rings is 1. The third kappa shape index (κ3) is 4.46. The van der Waals surface area contributed by atoms with Crippen molar-refractivity contribution in [3.8, 4) is 0 Å². The molecular formula is C16H21BrF3N. The summed E-state index contributed by atoms with van der Waals surface area (Å²) in [5.74, 6) is -1.50. The fourth-order valence-corrected chi connectivity index (χ4v) is 3.88. The van der Waals surface area contributed by atoms with Crippen LogP contribution in [0.15, 0.2) is 28.7 Å². The average molecular weight is 364 g/mol. The van der Waals surface area contributed by atoms with Crippen LogP contribution in [0.25, 0.3) is 0 Å². The van der Waals surface area contributed by atoms with Gasteiger partial charge in [-0.3, -0.25) is 0 Å². The Kier molecular flexibility index (Phi) is 5.72. The molecule has 0 saturated heterocycles. The highest BCUT2D eigenvalue weighted by Crippen LogP contribution is 2.43. The Balaban J connectivity index is 2.14. The Morgan fingerprint density at radius 2 is 2.00 bits per heavy atom. The van der Waals surface area contributed by atoms with Crippen LogP contribution < -0.4 is 5.32 Å². The minimum Gasteiger partial charge on any atom is -0.316 e. The molecule has 1 saturated carbocycles. The lowest BCUT2D eigenvalue weighted by Crippen LogP contribution is -2.45. The van der Waals surface area contributed by atoms with Crippen molar-refractivity contribution in [2.75, 3.05) is 7.05 Å². The third-order valence-electron chi connectivity index (χ3n) is 4.47. The molecule has 1 aliphatic rings. The van der Waals surface area contributed by atoms with E-state index in [1.54, 1.807) is 7.05 Å². The minimum absolute atomic E-state index is 0.133.